The zero-order valence-corrected chi connectivity index (χ0v) is 18.2. The quantitative estimate of drug-likeness (QED) is 0.417. The maximum atomic E-state index is 6.42. The number of rotatable bonds is 5. The number of benzene rings is 1. The maximum absolute atomic E-state index is 6.42. The number of allylic oxidation sites excluding steroid dienone is 2. The van der Waals surface area contributed by atoms with Crippen molar-refractivity contribution in [3.05, 3.63) is 41.5 Å². The van der Waals surface area contributed by atoms with Crippen molar-refractivity contribution < 1.29 is 9.16 Å². The summed E-state index contributed by atoms with van der Waals surface area (Å²) in [7, 11) is -1.82. The molecule has 0 amide bonds. The van der Waals surface area contributed by atoms with Gasteiger partial charge < -0.3 is 9.16 Å². The number of fused-ring (bicyclic) bond motifs is 1. The average Bonchev–Trinajstić information content (AvgIpc) is 2.45. The number of ether oxygens (including phenoxy) is 1. The van der Waals surface area contributed by atoms with Crippen LogP contribution in [0.5, 0.6) is 11.5 Å². The highest BCUT2D eigenvalue weighted by molar-refractivity contribution is 6.74. The molecule has 1 unspecified atom stereocenters. The van der Waals surface area contributed by atoms with Gasteiger partial charge in [0.15, 0.2) is 0 Å². The molecule has 1 heterocycles. The van der Waals surface area contributed by atoms with E-state index < -0.39 is 8.32 Å². The van der Waals surface area contributed by atoms with Crippen molar-refractivity contribution in [2.45, 2.75) is 78.1 Å². The molecule has 3 heteroatoms. The lowest BCUT2D eigenvalue weighted by Gasteiger charge is -2.37. The molecule has 0 fully saturated rings. The van der Waals surface area contributed by atoms with E-state index in [1.54, 1.807) is 0 Å². The van der Waals surface area contributed by atoms with Crippen LogP contribution in [0.2, 0.25) is 18.1 Å². The van der Waals surface area contributed by atoms with Crippen LogP contribution in [0.15, 0.2) is 35.9 Å². The second-order valence-electron chi connectivity index (χ2n) is 9.13. The summed E-state index contributed by atoms with van der Waals surface area (Å²) >= 11 is 0. The summed E-state index contributed by atoms with van der Waals surface area (Å²) in [6.07, 6.45) is 8.65. The van der Waals surface area contributed by atoms with Crippen LogP contribution in [-0.2, 0) is 0 Å². The smallest absolute Gasteiger partial charge is 0.250 e. The molecule has 0 aliphatic carbocycles. The van der Waals surface area contributed by atoms with E-state index in [-0.39, 0.29) is 10.6 Å². The molecule has 0 aromatic heterocycles. The van der Waals surface area contributed by atoms with Gasteiger partial charge in [-0.1, -0.05) is 38.5 Å². The number of hydrogen-bond acceptors (Lipinski definition) is 2. The highest BCUT2D eigenvalue weighted by Crippen LogP contribution is 2.40. The molecular weight excluding hydrogens is 324 g/mol. The third kappa shape index (κ3) is 5.01. The van der Waals surface area contributed by atoms with E-state index >= 15 is 0 Å². The molecular formula is C22H34O2Si. The van der Waals surface area contributed by atoms with Gasteiger partial charge in [-0.05, 0) is 76.0 Å². The van der Waals surface area contributed by atoms with Crippen molar-refractivity contribution in [2.75, 3.05) is 0 Å². The van der Waals surface area contributed by atoms with Crippen LogP contribution in [0, 0.1) is 0 Å². The van der Waals surface area contributed by atoms with E-state index in [0.29, 0.717) is 0 Å². The molecule has 1 atom stereocenters. The molecule has 0 saturated carbocycles. The average molecular weight is 359 g/mol. The largest absolute Gasteiger partial charge is 0.543 e. The normalized spacial score (nSPS) is 19.8. The molecule has 1 aliphatic rings. The van der Waals surface area contributed by atoms with Crippen molar-refractivity contribution in [2.24, 2.45) is 0 Å². The standard InChI is InChI=1S/C22H34O2Si/c1-17(2)10-9-14-22(6)15-13-18-16-19(11-12-20(18)23-22)24-25(7,8)21(3,4)5/h10-13,15-16H,9,14H2,1-8H3. The topological polar surface area (TPSA) is 18.5 Å². The zero-order chi connectivity index (χ0) is 18.9. The Hall–Kier alpha value is -1.48. The molecule has 0 N–H and O–H groups in total. The van der Waals surface area contributed by atoms with E-state index in [2.05, 4.69) is 91.1 Å². The van der Waals surface area contributed by atoms with Crippen LogP contribution in [0.3, 0.4) is 0 Å². The van der Waals surface area contributed by atoms with Gasteiger partial charge in [0.2, 0.25) is 8.32 Å². The first-order valence-corrected chi connectivity index (χ1v) is 12.2. The molecule has 0 saturated heterocycles. The summed E-state index contributed by atoms with van der Waals surface area (Å²) in [6, 6.07) is 6.22. The lowest BCUT2D eigenvalue weighted by Crippen LogP contribution is -2.43. The Morgan fingerprint density at radius 3 is 2.52 bits per heavy atom. The van der Waals surface area contributed by atoms with Gasteiger partial charge in [-0.15, -0.1) is 0 Å². The van der Waals surface area contributed by atoms with Gasteiger partial charge in [-0.2, -0.15) is 0 Å². The number of hydrogen-bond donors (Lipinski definition) is 0. The van der Waals surface area contributed by atoms with E-state index in [0.717, 1.165) is 29.9 Å². The molecule has 0 spiro atoms. The van der Waals surface area contributed by atoms with Gasteiger partial charge >= 0.3 is 0 Å². The van der Waals surface area contributed by atoms with Crippen molar-refractivity contribution in [3.8, 4) is 11.5 Å². The molecule has 0 bridgehead atoms. The van der Waals surface area contributed by atoms with Crippen LogP contribution in [0.4, 0.5) is 0 Å². The van der Waals surface area contributed by atoms with Crippen molar-refractivity contribution >= 4 is 14.4 Å². The fraction of sp³-hybridized carbons (Fsp3) is 0.545. The third-order valence-corrected chi connectivity index (χ3v) is 9.67. The van der Waals surface area contributed by atoms with Crippen molar-refractivity contribution in [1.82, 2.24) is 0 Å². The maximum Gasteiger partial charge on any atom is 0.250 e. The summed E-state index contributed by atoms with van der Waals surface area (Å²) in [4.78, 5) is 0. The van der Waals surface area contributed by atoms with E-state index in [4.69, 9.17) is 9.16 Å². The van der Waals surface area contributed by atoms with Gasteiger partial charge in [0, 0.05) is 5.56 Å². The third-order valence-electron chi connectivity index (χ3n) is 5.31. The Morgan fingerprint density at radius 1 is 1.24 bits per heavy atom. The van der Waals surface area contributed by atoms with Gasteiger partial charge in [0.25, 0.3) is 0 Å². The molecule has 1 aromatic rings. The highest BCUT2D eigenvalue weighted by atomic mass is 28.4. The predicted octanol–water partition coefficient (Wildman–Crippen LogP) is 6.98. The molecule has 2 nitrogen and oxygen atoms in total. The van der Waals surface area contributed by atoms with Gasteiger partial charge in [-0.3, -0.25) is 0 Å². The summed E-state index contributed by atoms with van der Waals surface area (Å²) in [5.41, 5.74) is 2.23. The molecule has 1 aromatic carbocycles. The Labute approximate surface area is 155 Å². The van der Waals surface area contributed by atoms with Crippen molar-refractivity contribution in [1.29, 1.82) is 0 Å². The Bertz CT molecular complexity index is 676. The van der Waals surface area contributed by atoms with Crippen LogP contribution in [-0.4, -0.2) is 13.9 Å². The minimum atomic E-state index is -1.82. The Morgan fingerprint density at radius 2 is 1.92 bits per heavy atom. The second kappa shape index (κ2) is 7.03. The van der Waals surface area contributed by atoms with Crippen LogP contribution >= 0.6 is 0 Å². The zero-order valence-electron chi connectivity index (χ0n) is 17.2. The van der Waals surface area contributed by atoms with Crippen LogP contribution < -0.4 is 9.16 Å². The van der Waals surface area contributed by atoms with Crippen molar-refractivity contribution in [3.63, 3.8) is 0 Å². The van der Waals surface area contributed by atoms with Gasteiger partial charge in [0.1, 0.15) is 17.1 Å². The predicted molar refractivity (Wildman–Crippen MR) is 111 cm³/mol. The Balaban J connectivity index is 2.14. The summed E-state index contributed by atoms with van der Waals surface area (Å²) in [6.45, 7) is 17.8. The first-order valence-electron chi connectivity index (χ1n) is 9.27. The van der Waals surface area contributed by atoms with Gasteiger partial charge in [-0.25, -0.2) is 0 Å². The first kappa shape index (κ1) is 19.8. The second-order valence-corrected chi connectivity index (χ2v) is 13.9. The summed E-state index contributed by atoms with van der Waals surface area (Å²) in [5, 5.41) is 0.193. The van der Waals surface area contributed by atoms with E-state index in [9.17, 15) is 0 Å². The summed E-state index contributed by atoms with van der Waals surface area (Å²) in [5.74, 6) is 1.90. The first-order chi connectivity index (χ1) is 11.4. The molecule has 138 valence electrons. The van der Waals surface area contributed by atoms with Gasteiger partial charge in [0.05, 0.1) is 0 Å². The van der Waals surface area contributed by atoms with Crippen LogP contribution in [0.25, 0.3) is 6.08 Å². The molecule has 25 heavy (non-hydrogen) atoms. The van der Waals surface area contributed by atoms with E-state index in [1.807, 2.05) is 0 Å². The minimum absolute atomic E-state index is 0.193. The Kier molecular flexibility index (Phi) is 5.58. The fourth-order valence-corrected chi connectivity index (χ4v) is 3.62. The van der Waals surface area contributed by atoms with Crippen LogP contribution in [0.1, 0.15) is 59.9 Å². The van der Waals surface area contributed by atoms with E-state index in [1.165, 1.54) is 5.57 Å². The molecule has 1 aliphatic heterocycles. The summed E-state index contributed by atoms with van der Waals surface area (Å²) < 4.78 is 12.7. The monoisotopic (exact) mass is 358 g/mol. The lowest BCUT2D eigenvalue weighted by molar-refractivity contribution is 0.128. The highest BCUT2D eigenvalue weighted by Gasteiger charge is 2.39. The SMILES string of the molecule is CC(C)=CCCC1(C)C=Cc2cc(O[Si](C)(C)C(C)(C)C)ccc2O1. The molecule has 2 rings (SSSR count). The minimum Gasteiger partial charge on any atom is -0.543 e. The fourth-order valence-electron chi connectivity index (χ4n) is 2.59. The molecule has 0 radical (unpaired) electrons. The lowest BCUT2D eigenvalue weighted by atomic mass is 9.94.